The number of rotatable bonds is 3. The third-order valence-electron chi connectivity index (χ3n) is 1.90. The number of aryl methyl sites for hydroxylation is 1. The van der Waals surface area contributed by atoms with E-state index in [0.717, 1.165) is 13.0 Å². The Morgan fingerprint density at radius 2 is 2.17 bits per heavy atom. The highest BCUT2D eigenvalue weighted by Crippen LogP contribution is 2.06. The molecule has 66 valence electrons. The average molecular weight is 166 g/mol. The van der Waals surface area contributed by atoms with Crippen LogP contribution < -0.4 is 16.0 Å². The quantitative estimate of drug-likeness (QED) is 0.656. The molecule has 0 fully saturated rings. The third kappa shape index (κ3) is 1.87. The van der Waals surface area contributed by atoms with Crippen LogP contribution in [0.4, 0.5) is 11.5 Å². The highest BCUT2D eigenvalue weighted by Gasteiger charge is 2.05. The van der Waals surface area contributed by atoms with Crippen molar-refractivity contribution in [1.29, 1.82) is 0 Å². The Morgan fingerprint density at radius 3 is 2.83 bits per heavy atom. The lowest BCUT2D eigenvalue weighted by Crippen LogP contribution is -2.37. The van der Waals surface area contributed by atoms with Gasteiger partial charge in [-0.15, -0.1) is 0 Å². The number of pyridine rings is 1. The predicted molar refractivity (Wildman–Crippen MR) is 50.4 cm³/mol. The Bertz CT molecular complexity index is 258. The summed E-state index contributed by atoms with van der Waals surface area (Å²) in [6, 6.07) is 3.74. The first kappa shape index (κ1) is 8.84. The van der Waals surface area contributed by atoms with Gasteiger partial charge in [0.25, 0.3) is 5.82 Å². The molecule has 3 nitrogen and oxygen atoms in total. The summed E-state index contributed by atoms with van der Waals surface area (Å²) in [5.41, 5.74) is 12.1. The van der Waals surface area contributed by atoms with Crippen molar-refractivity contribution in [3.8, 4) is 0 Å². The van der Waals surface area contributed by atoms with Gasteiger partial charge < -0.3 is 5.73 Å². The molecule has 1 aromatic heterocycles. The van der Waals surface area contributed by atoms with Gasteiger partial charge >= 0.3 is 0 Å². The fourth-order valence-corrected chi connectivity index (χ4v) is 1.11. The summed E-state index contributed by atoms with van der Waals surface area (Å²) in [6.07, 6.45) is 4.26. The second-order valence-electron chi connectivity index (χ2n) is 2.90. The smallest absolute Gasteiger partial charge is 0.295 e. The summed E-state index contributed by atoms with van der Waals surface area (Å²) < 4.78 is 1.98. The summed E-state index contributed by atoms with van der Waals surface area (Å²) >= 11 is 0. The molecule has 0 aliphatic carbocycles. The summed E-state index contributed by atoms with van der Waals surface area (Å²) in [7, 11) is 0. The van der Waals surface area contributed by atoms with E-state index in [9.17, 15) is 0 Å². The van der Waals surface area contributed by atoms with Crippen LogP contribution >= 0.6 is 0 Å². The molecule has 4 N–H and O–H groups in total. The molecule has 0 atom stereocenters. The number of nitrogens with zero attached hydrogens (tertiary/aromatic N) is 1. The molecule has 0 bridgehead atoms. The minimum absolute atomic E-state index is 0.661. The first-order chi connectivity index (χ1) is 5.75. The Kier molecular flexibility index (Phi) is 2.91. The predicted octanol–water partition coefficient (Wildman–Crippen LogP) is 0.939. The lowest BCUT2D eigenvalue weighted by atomic mass is 10.3. The highest BCUT2D eigenvalue weighted by atomic mass is 15.0. The van der Waals surface area contributed by atoms with Crippen LogP contribution in [-0.4, -0.2) is 0 Å². The van der Waals surface area contributed by atoms with Crippen molar-refractivity contribution in [1.82, 2.24) is 0 Å². The number of nitrogen functional groups attached to an aromatic ring is 2. The Hall–Kier alpha value is -1.25. The number of nitrogens with two attached hydrogens (primary N) is 2. The van der Waals surface area contributed by atoms with Gasteiger partial charge in [0.15, 0.2) is 0 Å². The van der Waals surface area contributed by atoms with Gasteiger partial charge in [-0.05, 0) is 18.6 Å². The zero-order valence-electron chi connectivity index (χ0n) is 7.46. The van der Waals surface area contributed by atoms with Crippen LogP contribution in [0.25, 0.3) is 0 Å². The van der Waals surface area contributed by atoms with Crippen LogP contribution in [0, 0.1) is 0 Å². The number of hydrogen-bond donors (Lipinski definition) is 2. The monoisotopic (exact) mass is 166 g/mol. The maximum Gasteiger partial charge on any atom is 0.295 e. The van der Waals surface area contributed by atoms with Crippen molar-refractivity contribution in [2.24, 2.45) is 0 Å². The first-order valence-corrected chi connectivity index (χ1v) is 4.29. The third-order valence-corrected chi connectivity index (χ3v) is 1.90. The van der Waals surface area contributed by atoms with E-state index in [0.29, 0.717) is 11.5 Å². The van der Waals surface area contributed by atoms with Crippen molar-refractivity contribution in [2.45, 2.75) is 26.3 Å². The van der Waals surface area contributed by atoms with Crippen molar-refractivity contribution < 1.29 is 4.57 Å². The van der Waals surface area contributed by atoms with E-state index < -0.39 is 0 Å². The second kappa shape index (κ2) is 3.95. The fraction of sp³-hybridized carbons (Fsp3) is 0.444. The van der Waals surface area contributed by atoms with Crippen LogP contribution in [0.15, 0.2) is 18.3 Å². The molecule has 0 aliphatic rings. The van der Waals surface area contributed by atoms with Crippen molar-refractivity contribution >= 4 is 11.5 Å². The second-order valence-corrected chi connectivity index (χ2v) is 2.90. The maximum absolute atomic E-state index is 5.76. The van der Waals surface area contributed by atoms with Gasteiger partial charge in [0, 0.05) is 0 Å². The summed E-state index contributed by atoms with van der Waals surface area (Å²) in [5, 5.41) is 0. The molecule has 1 heterocycles. The van der Waals surface area contributed by atoms with E-state index in [1.807, 2.05) is 22.9 Å². The summed E-state index contributed by atoms with van der Waals surface area (Å²) in [5.74, 6) is 0.672. The number of hydrogen-bond acceptors (Lipinski definition) is 2. The van der Waals surface area contributed by atoms with E-state index >= 15 is 0 Å². The Balaban J connectivity index is 2.78. The largest absolute Gasteiger partial charge is 0.392 e. The van der Waals surface area contributed by atoms with Gasteiger partial charge in [0.05, 0.1) is 12.7 Å². The van der Waals surface area contributed by atoms with Crippen LogP contribution in [0.2, 0.25) is 0 Å². The van der Waals surface area contributed by atoms with E-state index in [-0.39, 0.29) is 0 Å². The van der Waals surface area contributed by atoms with Gasteiger partial charge in [-0.2, -0.15) is 0 Å². The average Bonchev–Trinajstić information content (AvgIpc) is 2.08. The number of anilines is 2. The molecule has 0 saturated carbocycles. The molecule has 12 heavy (non-hydrogen) atoms. The normalized spacial score (nSPS) is 10.1. The van der Waals surface area contributed by atoms with E-state index in [2.05, 4.69) is 6.92 Å². The zero-order chi connectivity index (χ0) is 8.97. The minimum atomic E-state index is 0.661. The van der Waals surface area contributed by atoms with Crippen LogP contribution in [0.5, 0.6) is 0 Å². The van der Waals surface area contributed by atoms with Crippen molar-refractivity contribution in [3.05, 3.63) is 18.3 Å². The topological polar surface area (TPSA) is 55.9 Å². The number of unbranched alkanes of at least 4 members (excludes halogenated alkanes) is 1. The minimum Gasteiger partial charge on any atom is -0.392 e. The van der Waals surface area contributed by atoms with E-state index in [4.69, 9.17) is 11.5 Å². The molecule has 0 unspecified atom stereocenters. The Labute approximate surface area is 73.0 Å². The molecule has 1 rings (SSSR count). The fourth-order valence-electron chi connectivity index (χ4n) is 1.11. The maximum atomic E-state index is 5.76. The zero-order valence-corrected chi connectivity index (χ0v) is 7.46. The molecular weight excluding hydrogens is 150 g/mol. The SMILES string of the molecule is CCCC[n+]1cccc(N)c1N. The molecule has 1 aromatic rings. The molecule has 0 aromatic carbocycles. The van der Waals surface area contributed by atoms with E-state index in [1.165, 1.54) is 6.42 Å². The molecule has 0 spiro atoms. The molecule has 0 aliphatic heterocycles. The van der Waals surface area contributed by atoms with Crippen LogP contribution in [0.1, 0.15) is 19.8 Å². The van der Waals surface area contributed by atoms with Gasteiger partial charge in [-0.1, -0.05) is 13.3 Å². The van der Waals surface area contributed by atoms with Crippen LogP contribution in [0.3, 0.4) is 0 Å². The summed E-state index contributed by atoms with van der Waals surface area (Å²) in [6.45, 7) is 3.11. The molecule has 0 saturated heterocycles. The van der Waals surface area contributed by atoms with Crippen molar-refractivity contribution in [2.75, 3.05) is 11.5 Å². The molecule has 3 heteroatoms. The van der Waals surface area contributed by atoms with Gasteiger partial charge in [0.1, 0.15) is 5.69 Å². The summed E-state index contributed by atoms with van der Waals surface area (Å²) in [4.78, 5) is 0. The lowest BCUT2D eigenvalue weighted by Gasteiger charge is -2.02. The first-order valence-electron chi connectivity index (χ1n) is 4.29. The van der Waals surface area contributed by atoms with Crippen LogP contribution in [-0.2, 0) is 6.54 Å². The highest BCUT2D eigenvalue weighted by molar-refractivity contribution is 5.53. The standard InChI is InChI=1S/C9H15N3/c1-2-3-6-12-7-4-5-8(10)9(12)11/h4-5,7,11H,2-3,6,10H2,1H3/p+1. The van der Waals surface area contributed by atoms with E-state index in [1.54, 1.807) is 0 Å². The van der Waals surface area contributed by atoms with Gasteiger partial charge in [0.2, 0.25) is 0 Å². The lowest BCUT2D eigenvalue weighted by molar-refractivity contribution is -0.682. The molecule has 0 radical (unpaired) electrons. The number of aromatic nitrogens is 1. The van der Waals surface area contributed by atoms with Crippen molar-refractivity contribution in [3.63, 3.8) is 0 Å². The van der Waals surface area contributed by atoms with Gasteiger partial charge in [-0.3, -0.25) is 5.73 Å². The molecule has 0 amide bonds. The molecular formula is C9H16N3+. The Morgan fingerprint density at radius 1 is 1.42 bits per heavy atom. The van der Waals surface area contributed by atoms with Gasteiger partial charge in [-0.25, -0.2) is 4.57 Å².